The first-order chi connectivity index (χ1) is 8.77. The lowest BCUT2D eigenvalue weighted by atomic mass is 10.1. The molecule has 0 heterocycles. The van der Waals surface area contributed by atoms with Crippen LogP contribution in [0.5, 0.6) is 0 Å². The van der Waals surface area contributed by atoms with Gasteiger partial charge in [0, 0.05) is 5.75 Å². The summed E-state index contributed by atoms with van der Waals surface area (Å²) >= 11 is 0. The molecule has 3 heteroatoms. The van der Waals surface area contributed by atoms with Gasteiger partial charge < -0.3 is 0 Å². The number of thiol groups is 1. The second kappa shape index (κ2) is 14.7. The van der Waals surface area contributed by atoms with E-state index >= 15 is 0 Å². The highest BCUT2D eigenvalue weighted by Crippen LogP contribution is 2.08. The van der Waals surface area contributed by atoms with Crippen LogP contribution >= 0.6 is 0 Å². The molecular weight excluding hydrogens is 244 g/mol. The molecule has 0 fully saturated rings. The Kier molecular flexibility index (Phi) is 14.5. The van der Waals surface area contributed by atoms with Crippen molar-refractivity contribution in [2.75, 3.05) is 5.75 Å². The molecule has 0 radical (unpaired) electrons. The molecule has 18 heavy (non-hydrogen) atoms. The second-order valence-corrected chi connectivity index (χ2v) is 6.05. The zero-order chi connectivity index (χ0) is 13.5. The van der Waals surface area contributed by atoms with Crippen molar-refractivity contribution in [3.63, 3.8) is 0 Å². The van der Waals surface area contributed by atoms with E-state index in [2.05, 4.69) is 19.1 Å². The Balaban J connectivity index is 3.09. The van der Waals surface area contributed by atoms with Crippen LogP contribution in [0.4, 0.5) is 0 Å². The standard InChI is InChI=1S/C15H30O2S/c1-2-3-4-5-6-7-8-9-10-11-12-13-14-15-18(16)17/h9-10,18H,2-8,11-15H2,1H3. The molecule has 0 rings (SSSR count). The topological polar surface area (TPSA) is 34.1 Å². The van der Waals surface area contributed by atoms with Gasteiger partial charge >= 0.3 is 0 Å². The third kappa shape index (κ3) is 15.7. The number of hydrogen-bond acceptors (Lipinski definition) is 2. The quantitative estimate of drug-likeness (QED) is 0.305. The molecule has 0 spiro atoms. The molecule has 0 amide bonds. The number of rotatable bonds is 13. The second-order valence-electron chi connectivity index (χ2n) is 4.93. The average Bonchev–Trinajstić information content (AvgIpc) is 2.34. The molecule has 0 aliphatic carbocycles. The maximum atomic E-state index is 10.3. The SMILES string of the molecule is CCCCCCCCC=CCCCCC[SH](=O)=O. The minimum absolute atomic E-state index is 0.358. The summed E-state index contributed by atoms with van der Waals surface area (Å²) in [4.78, 5) is 0. The van der Waals surface area contributed by atoms with Crippen LogP contribution < -0.4 is 0 Å². The fourth-order valence-corrected chi connectivity index (χ4v) is 2.44. The molecule has 0 aromatic heterocycles. The largest absolute Gasteiger partial charge is 0.232 e. The van der Waals surface area contributed by atoms with Crippen molar-refractivity contribution in [3.8, 4) is 0 Å². The number of unbranched alkanes of at least 4 members (excludes halogenated alkanes) is 9. The van der Waals surface area contributed by atoms with Crippen molar-refractivity contribution < 1.29 is 8.42 Å². The van der Waals surface area contributed by atoms with Gasteiger partial charge in [-0.05, 0) is 32.1 Å². The Morgan fingerprint density at radius 3 is 1.78 bits per heavy atom. The van der Waals surface area contributed by atoms with E-state index in [9.17, 15) is 8.42 Å². The minimum atomic E-state index is -2.16. The number of hydrogen-bond donors (Lipinski definition) is 1. The van der Waals surface area contributed by atoms with E-state index in [1.807, 2.05) is 0 Å². The third-order valence-corrected chi connectivity index (χ3v) is 3.78. The van der Waals surface area contributed by atoms with Gasteiger partial charge in [-0.2, -0.15) is 0 Å². The summed E-state index contributed by atoms with van der Waals surface area (Å²) in [7, 11) is -2.16. The van der Waals surface area contributed by atoms with Crippen LogP contribution in [-0.2, 0) is 10.7 Å². The molecule has 0 saturated carbocycles. The lowest BCUT2D eigenvalue weighted by Gasteiger charge is -1.98. The summed E-state index contributed by atoms with van der Waals surface area (Å²) in [6.07, 6.45) is 18.0. The van der Waals surface area contributed by atoms with E-state index in [-0.39, 0.29) is 0 Å². The van der Waals surface area contributed by atoms with Gasteiger partial charge in [-0.15, -0.1) is 0 Å². The summed E-state index contributed by atoms with van der Waals surface area (Å²) < 4.78 is 20.6. The minimum Gasteiger partial charge on any atom is -0.232 e. The van der Waals surface area contributed by atoms with Crippen LogP contribution in [0.1, 0.15) is 77.6 Å². The van der Waals surface area contributed by atoms with Crippen molar-refractivity contribution in [2.24, 2.45) is 0 Å². The van der Waals surface area contributed by atoms with Crippen LogP contribution in [-0.4, -0.2) is 14.2 Å². The Bertz CT molecular complexity index is 249. The Hall–Kier alpha value is -0.310. The highest BCUT2D eigenvalue weighted by molar-refractivity contribution is 7.72. The van der Waals surface area contributed by atoms with E-state index in [1.54, 1.807) is 0 Å². The molecule has 0 N–H and O–H groups in total. The highest BCUT2D eigenvalue weighted by Gasteiger charge is 1.90. The first-order valence-corrected chi connectivity index (χ1v) is 8.90. The van der Waals surface area contributed by atoms with Crippen LogP contribution in [0.25, 0.3) is 0 Å². The summed E-state index contributed by atoms with van der Waals surface area (Å²) in [5, 5.41) is 0. The monoisotopic (exact) mass is 274 g/mol. The summed E-state index contributed by atoms with van der Waals surface area (Å²) in [5.41, 5.74) is 0. The first kappa shape index (κ1) is 17.7. The molecule has 2 nitrogen and oxygen atoms in total. The Labute approximate surface area is 115 Å². The van der Waals surface area contributed by atoms with Crippen LogP contribution in [0.15, 0.2) is 12.2 Å². The van der Waals surface area contributed by atoms with Gasteiger partial charge in [0.2, 0.25) is 0 Å². The van der Waals surface area contributed by atoms with Gasteiger partial charge in [-0.25, -0.2) is 8.42 Å². The van der Waals surface area contributed by atoms with Gasteiger partial charge in [0.1, 0.15) is 10.7 Å². The summed E-state index contributed by atoms with van der Waals surface area (Å²) in [6.45, 7) is 2.25. The molecular formula is C15H30O2S. The summed E-state index contributed by atoms with van der Waals surface area (Å²) in [5.74, 6) is 0.358. The highest BCUT2D eigenvalue weighted by atomic mass is 32.2. The van der Waals surface area contributed by atoms with Crippen molar-refractivity contribution >= 4 is 10.7 Å². The molecule has 0 atom stereocenters. The predicted molar refractivity (Wildman–Crippen MR) is 80.8 cm³/mol. The van der Waals surface area contributed by atoms with E-state index in [0.29, 0.717) is 5.75 Å². The lowest BCUT2D eigenvalue weighted by molar-refractivity contribution is 0.608. The fourth-order valence-electron chi connectivity index (χ4n) is 1.96. The van der Waals surface area contributed by atoms with Crippen molar-refractivity contribution in [1.82, 2.24) is 0 Å². The van der Waals surface area contributed by atoms with E-state index in [1.165, 1.54) is 44.9 Å². The summed E-state index contributed by atoms with van der Waals surface area (Å²) in [6, 6.07) is 0. The molecule has 0 aliphatic rings. The van der Waals surface area contributed by atoms with Crippen LogP contribution in [0.2, 0.25) is 0 Å². The molecule has 0 aromatic carbocycles. The average molecular weight is 274 g/mol. The molecule has 0 bridgehead atoms. The number of allylic oxidation sites excluding steroid dienone is 2. The van der Waals surface area contributed by atoms with Gasteiger partial charge in [0.15, 0.2) is 0 Å². The van der Waals surface area contributed by atoms with Gasteiger partial charge in [-0.3, -0.25) is 0 Å². The van der Waals surface area contributed by atoms with Crippen molar-refractivity contribution in [2.45, 2.75) is 77.6 Å². The van der Waals surface area contributed by atoms with Crippen molar-refractivity contribution in [3.05, 3.63) is 12.2 Å². The van der Waals surface area contributed by atoms with Crippen LogP contribution in [0.3, 0.4) is 0 Å². The van der Waals surface area contributed by atoms with Gasteiger partial charge in [0.25, 0.3) is 0 Å². The van der Waals surface area contributed by atoms with E-state index in [4.69, 9.17) is 0 Å². The van der Waals surface area contributed by atoms with E-state index < -0.39 is 10.7 Å². The Morgan fingerprint density at radius 1 is 0.722 bits per heavy atom. The lowest BCUT2D eigenvalue weighted by Crippen LogP contribution is -1.86. The zero-order valence-electron chi connectivity index (χ0n) is 11.9. The third-order valence-electron chi connectivity index (χ3n) is 3.10. The molecule has 0 aliphatic heterocycles. The van der Waals surface area contributed by atoms with E-state index in [0.717, 1.165) is 25.7 Å². The maximum Gasteiger partial charge on any atom is 0.140 e. The molecule has 108 valence electrons. The van der Waals surface area contributed by atoms with Crippen molar-refractivity contribution in [1.29, 1.82) is 0 Å². The zero-order valence-corrected chi connectivity index (χ0v) is 12.8. The predicted octanol–water partition coefficient (Wildman–Crippen LogP) is 4.47. The normalized spacial score (nSPS) is 11.7. The maximum absolute atomic E-state index is 10.3. The molecule has 0 saturated heterocycles. The first-order valence-electron chi connectivity index (χ1n) is 7.54. The Morgan fingerprint density at radius 2 is 1.22 bits per heavy atom. The fraction of sp³-hybridized carbons (Fsp3) is 0.867. The van der Waals surface area contributed by atoms with Gasteiger partial charge in [-0.1, -0.05) is 57.6 Å². The van der Waals surface area contributed by atoms with Gasteiger partial charge in [0.05, 0.1) is 0 Å². The molecule has 0 aromatic rings. The molecule has 0 unspecified atom stereocenters. The smallest absolute Gasteiger partial charge is 0.140 e. The van der Waals surface area contributed by atoms with Crippen LogP contribution in [0, 0.1) is 0 Å².